The maximum Gasteiger partial charge on any atom is 0.472 e. The zero-order valence-corrected chi connectivity index (χ0v) is 25.6. The van der Waals surface area contributed by atoms with Gasteiger partial charge in [-0.15, -0.1) is 0 Å². The molecule has 0 heterocycles. The third-order valence-corrected chi connectivity index (χ3v) is 7.95. The standard InChI is InChI=1S/C28H60NO6P/c1-7-8-9-10-11-12-13-14-15-16-17-18-19-20-21-22-23-33-25-28(32-6)26-35-36(30,31)34-24-27(2)29(3,4)5/h27-28H,7-26H2,1-6H3/p+1/t27-,28+/m0/s1. The number of quaternary nitrogens is 1. The van der Waals surface area contributed by atoms with Crippen molar-refractivity contribution in [3.63, 3.8) is 0 Å². The van der Waals surface area contributed by atoms with Gasteiger partial charge in [0.05, 0.1) is 34.4 Å². The largest absolute Gasteiger partial charge is 0.472 e. The SMILES string of the molecule is CCCCCCCCCCCCCCCCCCOC[C@H](COP(=O)(O)OC[C@H](C)[N+](C)(C)C)OC. The Kier molecular flexibility index (Phi) is 22.9. The van der Waals surface area contributed by atoms with Gasteiger partial charge in [-0.3, -0.25) is 9.05 Å². The number of hydrogen-bond acceptors (Lipinski definition) is 5. The van der Waals surface area contributed by atoms with E-state index >= 15 is 0 Å². The zero-order valence-electron chi connectivity index (χ0n) is 24.7. The molecule has 0 aliphatic rings. The van der Waals surface area contributed by atoms with E-state index in [-0.39, 0.29) is 19.3 Å². The van der Waals surface area contributed by atoms with Crippen LogP contribution >= 0.6 is 7.82 Å². The molecule has 0 fully saturated rings. The van der Waals surface area contributed by atoms with E-state index in [0.29, 0.717) is 17.7 Å². The molecule has 0 aliphatic carbocycles. The summed E-state index contributed by atoms with van der Waals surface area (Å²) in [5.74, 6) is 0. The minimum absolute atomic E-state index is 0.0397. The second-order valence-corrected chi connectivity index (χ2v) is 12.7. The maximum absolute atomic E-state index is 12.1. The van der Waals surface area contributed by atoms with Crippen LogP contribution in [0.2, 0.25) is 0 Å². The molecule has 8 heteroatoms. The topological polar surface area (TPSA) is 74.2 Å². The smallest absolute Gasteiger partial charge is 0.379 e. The van der Waals surface area contributed by atoms with Crippen molar-refractivity contribution in [3.8, 4) is 0 Å². The van der Waals surface area contributed by atoms with Gasteiger partial charge in [0.25, 0.3) is 0 Å². The average molecular weight is 539 g/mol. The number of hydrogen-bond donors (Lipinski definition) is 1. The van der Waals surface area contributed by atoms with E-state index in [1.807, 2.05) is 28.1 Å². The van der Waals surface area contributed by atoms with E-state index in [1.54, 1.807) is 7.11 Å². The van der Waals surface area contributed by atoms with Crippen LogP contribution in [0, 0.1) is 0 Å². The normalized spacial score (nSPS) is 15.6. The van der Waals surface area contributed by atoms with Crippen LogP contribution in [0.1, 0.15) is 117 Å². The lowest BCUT2D eigenvalue weighted by molar-refractivity contribution is -0.894. The van der Waals surface area contributed by atoms with Crippen molar-refractivity contribution in [1.82, 2.24) is 0 Å². The van der Waals surface area contributed by atoms with Gasteiger partial charge in [-0.1, -0.05) is 103 Å². The second kappa shape index (κ2) is 22.9. The minimum atomic E-state index is -4.11. The predicted molar refractivity (Wildman–Crippen MR) is 150 cm³/mol. The Morgan fingerprint density at radius 3 is 1.53 bits per heavy atom. The van der Waals surface area contributed by atoms with Crippen LogP contribution in [-0.4, -0.2) is 76.2 Å². The third-order valence-electron chi connectivity index (χ3n) is 7.00. The molecule has 1 N–H and O–H groups in total. The van der Waals surface area contributed by atoms with Crippen LogP contribution in [-0.2, 0) is 23.1 Å². The second-order valence-electron chi connectivity index (χ2n) is 11.3. The van der Waals surface area contributed by atoms with Crippen LogP contribution in [0.4, 0.5) is 0 Å². The molecular weight excluding hydrogens is 477 g/mol. The molecule has 0 rings (SSSR count). The molecule has 0 bridgehead atoms. The molecule has 1 unspecified atom stereocenters. The molecule has 218 valence electrons. The molecule has 36 heavy (non-hydrogen) atoms. The predicted octanol–water partition coefficient (Wildman–Crippen LogP) is 7.51. The summed E-state index contributed by atoms with van der Waals surface area (Å²) < 4.78 is 34.0. The summed E-state index contributed by atoms with van der Waals surface area (Å²) >= 11 is 0. The van der Waals surface area contributed by atoms with Crippen molar-refractivity contribution in [1.29, 1.82) is 0 Å². The summed E-state index contributed by atoms with van der Waals surface area (Å²) in [4.78, 5) is 9.91. The van der Waals surface area contributed by atoms with Crippen molar-refractivity contribution < 1.29 is 32.5 Å². The summed E-state index contributed by atoms with van der Waals surface area (Å²) in [5, 5.41) is 0. The van der Waals surface area contributed by atoms with E-state index in [1.165, 1.54) is 96.3 Å². The highest BCUT2D eigenvalue weighted by Crippen LogP contribution is 2.43. The molecule has 0 spiro atoms. The zero-order chi connectivity index (χ0) is 27.1. The first-order chi connectivity index (χ1) is 17.1. The highest BCUT2D eigenvalue weighted by atomic mass is 31.2. The van der Waals surface area contributed by atoms with Gasteiger partial charge < -0.3 is 18.9 Å². The summed E-state index contributed by atoms with van der Waals surface area (Å²) in [6.07, 6.45) is 21.2. The van der Waals surface area contributed by atoms with Gasteiger partial charge in [-0.2, -0.15) is 0 Å². The van der Waals surface area contributed by atoms with Crippen molar-refractivity contribution in [2.75, 3.05) is 54.7 Å². The summed E-state index contributed by atoms with van der Waals surface area (Å²) in [6, 6.07) is 0.0651. The van der Waals surface area contributed by atoms with Crippen molar-refractivity contribution in [2.24, 2.45) is 0 Å². The van der Waals surface area contributed by atoms with E-state index in [4.69, 9.17) is 18.5 Å². The van der Waals surface area contributed by atoms with Gasteiger partial charge in [-0.05, 0) is 13.3 Å². The Bertz CT molecular complexity index is 529. The average Bonchev–Trinajstić information content (AvgIpc) is 2.83. The Balaban J connectivity index is 3.56. The monoisotopic (exact) mass is 538 g/mol. The number of phosphoric acid groups is 1. The fourth-order valence-corrected chi connectivity index (χ4v) is 4.62. The Hall–Kier alpha value is -0.0100. The van der Waals surface area contributed by atoms with Gasteiger partial charge in [0.2, 0.25) is 0 Å². The van der Waals surface area contributed by atoms with Crippen molar-refractivity contribution >= 4 is 7.82 Å². The van der Waals surface area contributed by atoms with Gasteiger partial charge in [0.15, 0.2) is 0 Å². The summed E-state index contributed by atoms with van der Waals surface area (Å²) in [7, 11) is 3.47. The minimum Gasteiger partial charge on any atom is -0.379 e. The molecule has 0 aromatic heterocycles. The number of ether oxygens (including phenoxy) is 2. The first kappa shape index (κ1) is 36.0. The fraction of sp³-hybridized carbons (Fsp3) is 1.00. The number of phosphoric ester groups is 1. The van der Waals surface area contributed by atoms with E-state index in [0.717, 1.165) is 6.42 Å². The Morgan fingerprint density at radius 1 is 0.694 bits per heavy atom. The first-order valence-corrected chi connectivity index (χ1v) is 16.2. The van der Waals surface area contributed by atoms with E-state index < -0.39 is 13.9 Å². The third kappa shape index (κ3) is 23.1. The van der Waals surface area contributed by atoms with E-state index in [2.05, 4.69) is 6.92 Å². The lowest BCUT2D eigenvalue weighted by atomic mass is 10.0. The molecule has 3 atom stereocenters. The first-order valence-electron chi connectivity index (χ1n) is 14.7. The maximum atomic E-state index is 12.1. The number of rotatable bonds is 27. The van der Waals surface area contributed by atoms with E-state index in [9.17, 15) is 9.46 Å². The number of unbranched alkanes of at least 4 members (excludes halogenated alkanes) is 15. The van der Waals surface area contributed by atoms with Gasteiger partial charge >= 0.3 is 7.82 Å². The summed E-state index contributed by atoms with van der Waals surface area (Å²) in [5.41, 5.74) is 0. The van der Waals surface area contributed by atoms with Gasteiger partial charge in [-0.25, -0.2) is 4.57 Å². The molecule has 0 saturated heterocycles. The highest BCUT2D eigenvalue weighted by molar-refractivity contribution is 7.47. The molecule has 0 aromatic rings. The fourth-order valence-electron chi connectivity index (χ4n) is 3.79. The van der Waals surface area contributed by atoms with Crippen LogP contribution in [0.3, 0.4) is 0 Å². The molecule has 0 radical (unpaired) electrons. The highest BCUT2D eigenvalue weighted by Gasteiger charge is 2.27. The molecule has 0 aromatic carbocycles. The van der Waals surface area contributed by atoms with Gasteiger partial charge in [0, 0.05) is 13.7 Å². The van der Waals surface area contributed by atoms with Crippen LogP contribution < -0.4 is 0 Å². The number of nitrogens with zero attached hydrogens (tertiary/aromatic N) is 1. The molecular formula is C28H61NO6P+. The van der Waals surface area contributed by atoms with Crippen LogP contribution in [0.5, 0.6) is 0 Å². The number of methoxy groups -OCH3 is 1. The number of likely N-dealkylation sites (N-methyl/N-ethyl adjacent to an activating group) is 1. The van der Waals surface area contributed by atoms with Crippen LogP contribution in [0.15, 0.2) is 0 Å². The molecule has 0 amide bonds. The molecule has 7 nitrogen and oxygen atoms in total. The lowest BCUT2D eigenvalue weighted by Gasteiger charge is -2.31. The molecule has 0 aliphatic heterocycles. The van der Waals surface area contributed by atoms with Crippen LogP contribution in [0.25, 0.3) is 0 Å². The van der Waals surface area contributed by atoms with Crippen molar-refractivity contribution in [3.05, 3.63) is 0 Å². The van der Waals surface area contributed by atoms with Gasteiger partial charge in [0.1, 0.15) is 18.8 Å². The quantitative estimate of drug-likeness (QED) is 0.0663. The van der Waals surface area contributed by atoms with Crippen molar-refractivity contribution in [2.45, 2.75) is 129 Å². The molecule has 0 saturated carbocycles. The lowest BCUT2D eigenvalue weighted by Crippen LogP contribution is -2.45. The Morgan fingerprint density at radius 2 is 1.11 bits per heavy atom. The summed E-state index contributed by atoms with van der Waals surface area (Å²) in [6.45, 7) is 5.35. The Labute approximate surface area is 223 Å².